The zero-order chi connectivity index (χ0) is 54.0. The average molecular weight is 1060 g/mol. The number of hydrogen-bond donors (Lipinski definition) is 0. The van der Waals surface area contributed by atoms with Crippen LogP contribution in [0.15, 0.2) is 127 Å². The quantitative estimate of drug-likeness (QED) is 0.0127. The Hall–Kier alpha value is -7.40. The Kier molecular flexibility index (Phi) is 20.3. The molecule has 0 spiro atoms. The molecule has 7 rings (SSSR count). The molecule has 0 N–H and O–H groups in total. The largest absolute Gasteiger partial charge is 0.478 e. The van der Waals surface area contributed by atoms with Gasteiger partial charge in [0.05, 0.1) is 47.4 Å². The third-order valence-corrected chi connectivity index (χ3v) is 14.3. The van der Waals surface area contributed by atoms with Crippen LogP contribution in [0.25, 0.3) is 21.0 Å². The highest BCUT2D eigenvalue weighted by Crippen LogP contribution is 2.39. The molecule has 13 nitrogen and oxygen atoms in total. The van der Waals surface area contributed by atoms with Crippen molar-refractivity contribution in [3.05, 3.63) is 144 Å². The molecule has 0 amide bonds. The molecule has 4 aromatic carbocycles. The molecular weight excluding hydrogens is 998 g/mol. The Bertz CT molecular complexity index is 2990. The van der Waals surface area contributed by atoms with Crippen molar-refractivity contribution in [2.45, 2.75) is 103 Å². The molecule has 1 aliphatic carbocycles. The molecule has 1 atom stereocenters. The molecule has 2 aromatic heterocycles. The lowest BCUT2D eigenvalue weighted by Gasteiger charge is -2.29. The maximum absolute atomic E-state index is 14.2. The molecule has 1 saturated carbocycles. The van der Waals surface area contributed by atoms with Gasteiger partial charge in [0.15, 0.2) is 0 Å². The van der Waals surface area contributed by atoms with Gasteiger partial charge in [-0.3, -0.25) is 0 Å². The number of anilines is 1. The van der Waals surface area contributed by atoms with E-state index in [2.05, 4.69) is 35.2 Å². The van der Waals surface area contributed by atoms with E-state index < -0.39 is 30.6 Å². The van der Waals surface area contributed by atoms with Crippen molar-refractivity contribution in [3.63, 3.8) is 0 Å². The fourth-order valence-electron chi connectivity index (χ4n) is 8.93. The predicted octanol–water partition coefficient (Wildman–Crippen LogP) is 13.9. The zero-order valence-corrected chi connectivity index (χ0v) is 43.7. The number of thiazole rings is 1. The van der Waals surface area contributed by atoms with E-state index >= 15 is 0 Å². The molecule has 1 aliphatic rings. The third kappa shape index (κ3) is 16.8. The van der Waals surface area contributed by atoms with E-state index in [0.29, 0.717) is 65.3 Å². The maximum atomic E-state index is 14.2. The Labute approximate surface area is 444 Å². The van der Waals surface area contributed by atoms with Crippen LogP contribution < -0.4 is 19.2 Å². The maximum Gasteiger partial charge on any atom is 0.408 e. The van der Waals surface area contributed by atoms with Crippen molar-refractivity contribution < 1.29 is 56.0 Å². The lowest BCUT2D eigenvalue weighted by Crippen LogP contribution is -2.30. The van der Waals surface area contributed by atoms with E-state index in [1.807, 2.05) is 42.5 Å². The smallest absolute Gasteiger partial charge is 0.408 e. The second-order valence-corrected chi connectivity index (χ2v) is 20.1. The molecule has 1 unspecified atom stereocenters. The number of hydrogen-bond acceptors (Lipinski definition) is 14. The number of nitrogens with zero attached hydrogens (tertiary/aromatic N) is 4. The van der Waals surface area contributed by atoms with Crippen molar-refractivity contribution in [1.82, 2.24) is 9.97 Å². The Morgan fingerprint density at radius 3 is 2.29 bits per heavy atom. The minimum Gasteiger partial charge on any atom is -0.478 e. The number of rotatable bonds is 26. The summed E-state index contributed by atoms with van der Waals surface area (Å²) in [4.78, 5) is 58.8. The number of halogens is 3. The SMILES string of the molecule is C=CC(=O)OCCCCCCOc1ccc(C(=O)Oc2ccc(OC(=O)c3ccc(C4CCC(CCCC(C)CCOC(=O)C(=C)C)CC4)cc3)cc2/C=N/N(CC(F)(F)F)c2nc3ccc4ccccc4c3s2)cn1. The summed E-state index contributed by atoms with van der Waals surface area (Å²) in [5.74, 6) is -0.540. The Morgan fingerprint density at radius 2 is 1.57 bits per heavy atom. The van der Waals surface area contributed by atoms with Gasteiger partial charge in [0.2, 0.25) is 11.0 Å². The number of benzene rings is 4. The fourth-order valence-corrected chi connectivity index (χ4v) is 9.98. The summed E-state index contributed by atoms with van der Waals surface area (Å²) in [6.07, 6.45) is 10.5. The van der Waals surface area contributed by atoms with Gasteiger partial charge in [-0.25, -0.2) is 34.2 Å². The first-order chi connectivity index (χ1) is 36.6. The van der Waals surface area contributed by atoms with E-state index in [1.54, 1.807) is 25.1 Å². The van der Waals surface area contributed by atoms with Crippen molar-refractivity contribution in [2.24, 2.45) is 16.9 Å². The summed E-state index contributed by atoms with van der Waals surface area (Å²) in [7, 11) is 0. The van der Waals surface area contributed by atoms with Gasteiger partial charge in [-0.2, -0.15) is 18.3 Å². The highest BCUT2D eigenvalue weighted by atomic mass is 32.1. The fraction of sp³-hybridized carbons (Fsp3) is 0.373. The first kappa shape index (κ1) is 56.3. The Balaban J connectivity index is 1.01. The van der Waals surface area contributed by atoms with Gasteiger partial charge >= 0.3 is 30.1 Å². The summed E-state index contributed by atoms with van der Waals surface area (Å²) >= 11 is 1.06. The van der Waals surface area contributed by atoms with Crippen LogP contribution in [0, 0.1) is 11.8 Å². The van der Waals surface area contributed by atoms with E-state index in [1.165, 1.54) is 42.9 Å². The van der Waals surface area contributed by atoms with Crippen LogP contribution >= 0.6 is 11.3 Å². The van der Waals surface area contributed by atoms with Crippen molar-refractivity contribution >= 4 is 67.5 Å². The van der Waals surface area contributed by atoms with Crippen LogP contribution in [-0.4, -0.2) is 72.6 Å². The summed E-state index contributed by atoms with van der Waals surface area (Å²) in [5.41, 5.74) is 2.46. The van der Waals surface area contributed by atoms with Gasteiger partial charge in [-0.05, 0) is 136 Å². The lowest BCUT2D eigenvalue weighted by molar-refractivity contribution is -0.139. The molecule has 0 bridgehead atoms. The summed E-state index contributed by atoms with van der Waals surface area (Å²) < 4.78 is 70.9. The van der Waals surface area contributed by atoms with Gasteiger partial charge in [0, 0.05) is 34.9 Å². The molecule has 400 valence electrons. The van der Waals surface area contributed by atoms with Crippen LogP contribution in [0.4, 0.5) is 18.3 Å². The molecule has 0 saturated heterocycles. The summed E-state index contributed by atoms with van der Waals surface area (Å²) in [5, 5.41) is 6.71. The van der Waals surface area contributed by atoms with E-state index in [4.69, 9.17) is 23.7 Å². The van der Waals surface area contributed by atoms with Crippen LogP contribution in [0.3, 0.4) is 0 Å². The van der Waals surface area contributed by atoms with Crippen molar-refractivity contribution in [3.8, 4) is 17.4 Å². The minimum atomic E-state index is -4.68. The molecule has 76 heavy (non-hydrogen) atoms. The number of alkyl halides is 3. The van der Waals surface area contributed by atoms with Gasteiger partial charge in [-0.15, -0.1) is 0 Å². The highest BCUT2D eigenvalue weighted by molar-refractivity contribution is 7.23. The van der Waals surface area contributed by atoms with Crippen molar-refractivity contribution in [1.29, 1.82) is 0 Å². The molecular formula is C59H63F3N4O9S. The van der Waals surface area contributed by atoms with Gasteiger partial charge in [0.1, 0.15) is 18.0 Å². The number of ether oxygens (including phenoxy) is 5. The molecule has 2 heterocycles. The number of aromatic nitrogens is 2. The number of esters is 4. The van der Waals surface area contributed by atoms with Crippen LogP contribution in [0.2, 0.25) is 0 Å². The first-order valence-corrected chi connectivity index (χ1v) is 26.5. The van der Waals surface area contributed by atoms with Gasteiger partial charge < -0.3 is 23.7 Å². The lowest BCUT2D eigenvalue weighted by atomic mass is 9.76. The molecule has 6 aromatic rings. The molecule has 0 aliphatic heterocycles. The second-order valence-electron chi connectivity index (χ2n) is 19.1. The minimum absolute atomic E-state index is 0.0175. The number of fused-ring (bicyclic) bond motifs is 3. The average Bonchev–Trinajstić information content (AvgIpc) is 3.87. The van der Waals surface area contributed by atoms with Gasteiger partial charge in [0.25, 0.3) is 0 Å². The van der Waals surface area contributed by atoms with Crippen molar-refractivity contribution in [2.75, 3.05) is 31.4 Å². The zero-order valence-electron chi connectivity index (χ0n) is 42.9. The molecule has 0 radical (unpaired) electrons. The molecule has 17 heteroatoms. The third-order valence-electron chi connectivity index (χ3n) is 13.2. The Morgan fingerprint density at radius 1 is 0.829 bits per heavy atom. The first-order valence-electron chi connectivity index (χ1n) is 25.7. The standard InChI is InChI=1S/C59H63F3N4O9S/c1-5-53(67)72-33-11-7-6-10-32-71-52-30-26-46(36-63-52)57(70)75-51-29-27-48(35-47(51)37-64-66(38-59(60,61)62)58-65-50-28-25-44-15-8-9-16-49(44)54(50)76-58)74-56(69)45-23-21-43(22-24-45)42-19-17-41(18-20-42)14-12-13-40(4)31-34-73-55(68)39(2)3/h5,8-9,15-16,21-30,35-37,40-42H,1-2,6-7,10-14,17-20,31-34,38H2,3-4H3/b64-37+. The number of carbonyl (C=O) groups excluding carboxylic acids is 4. The van der Waals surface area contributed by atoms with E-state index in [9.17, 15) is 32.3 Å². The van der Waals surface area contributed by atoms with E-state index in [0.717, 1.165) is 109 Å². The predicted molar refractivity (Wildman–Crippen MR) is 288 cm³/mol. The molecule has 1 fully saturated rings. The van der Waals surface area contributed by atoms with Crippen LogP contribution in [0.1, 0.15) is 129 Å². The number of pyridine rings is 1. The summed E-state index contributed by atoms with van der Waals surface area (Å²) in [6, 6.07) is 25.6. The second kappa shape index (κ2) is 27.4. The number of hydrazone groups is 1. The number of unbranched alkanes of at least 4 members (excludes halogenated alkanes) is 3. The van der Waals surface area contributed by atoms with Crippen LogP contribution in [0.5, 0.6) is 17.4 Å². The monoisotopic (exact) mass is 1060 g/mol. The summed E-state index contributed by atoms with van der Waals surface area (Å²) in [6.45, 7) is 10.5. The van der Waals surface area contributed by atoms with E-state index in [-0.39, 0.29) is 39.6 Å². The normalized spacial score (nSPS) is 15.0. The number of carbonyl (C=O) groups is 4. The van der Waals surface area contributed by atoms with Crippen LogP contribution in [-0.2, 0) is 19.1 Å². The van der Waals surface area contributed by atoms with Gasteiger partial charge in [-0.1, -0.05) is 93.1 Å². The topological polar surface area (TPSA) is 156 Å². The highest BCUT2D eigenvalue weighted by Gasteiger charge is 2.33.